The Hall–Kier alpha value is -2.63. The molecule has 2 heterocycles. The van der Waals surface area contributed by atoms with Crippen molar-refractivity contribution in [3.63, 3.8) is 0 Å². The molecule has 0 bridgehead atoms. The highest BCUT2D eigenvalue weighted by molar-refractivity contribution is 7.12. The topological polar surface area (TPSA) is 49.8 Å². The molecule has 1 saturated heterocycles. The van der Waals surface area contributed by atoms with Crippen LogP contribution in [0.1, 0.15) is 39.8 Å². The van der Waals surface area contributed by atoms with Gasteiger partial charge in [-0.05, 0) is 50.1 Å². The molecule has 2 atom stereocenters. The van der Waals surface area contributed by atoms with Crippen LogP contribution in [0.25, 0.3) is 0 Å². The summed E-state index contributed by atoms with van der Waals surface area (Å²) in [7, 11) is 0. The van der Waals surface area contributed by atoms with E-state index >= 15 is 0 Å². The lowest BCUT2D eigenvalue weighted by Crippen LogP contribution is -2.41. The van der Waals surface area contributed by atoms with E-state index < -0.39 is 5.97 Å². The molecule has 156 valence electrons. The number of carbonyl (C=O) groups is 1. The molecule has 2 aromatic carbocycles. The predicted molar refractivity (Wildman–Crippen MR) is 120 cm³/mol. The van der Waals surface area contributed by atoms with Crippen molar-refractivity contribution in [2.75, 3.05) is 13.1 Å². The third-order valence-corrected chi connectivity index (χ3v) is 6.70. The molecule has 0 radical (unpaired) electrons. The van der Waals surface area contributed by atoms with Gasteiger partial charge in [0.2, 0.25) is 0 Å². The van der Waals surface area contributed by atoms with E-state index in [1.165, 1.54) is 9.75 Å². The number of rotatable bonds is 7. The van der Waals surface area contributed by atoms with Crippen LogP contribution in [-0.4, -0.2) is 29.1 Å². The monoisotopic (exact) mass is 421 g/mol. The lowest BCUT2D eigenvalue weighted by molar-refractivity contribution is -0.143. The second-order valence-corrected chi connectivity index (χ2v) is 9.15. The van der Waals surface area contributed by atoms with Gasteiger partial charge in [0.1, 0.15) is 12.4 Å². The van der Waals surface area contributed by atoms with Gasteiger partial charge in [0, 0.05) is 21.9 Å². The van der Waals surface area contributed by atoms with Gasteiger partial charge in [0.25, 0.3) is 0 Å². The number of ether oxygens (including phenoxy) is 1. The van der Waals surface area contributed by atoms with Gasteiger partial charge in [-0.25, -0.2) is 0 Å². The molecule has 1 aliphatic rings. The molecule has 1 aliphatic heterocycles. The Balaban J connectivity index is 1.66. The number of para-hydroxylation sites is 1. The maximum Gasteiger partial charge on any atom is 0.307 e. The summed E-state index contributed by atoms with van der Waals surface area (Å²) in [6, 6.07) is 22.6. The fourth-order valence-corrected chi connectivity index (χ4v) is 5.18. The number of benzene rings is 2. The molecule has 0 aliphatic carbocycles. The van der Waals surface area contributed by atoms with Crippen molar-refractivity contribution in [2.24, 2.45) is 5.92 Å². The molecule has 1 fully saturated rings. The van der Waals surface area contributed by atoms with E-state index in [2.05, 4.69) is 42.2 Å². The van der Waals surface area contributed by atoms with E-state index in [0.29, 0.717) is 13.2 Å². The summed E-state index contributed by atoms with van der Waals surface area (Å²) in [5.74, 6) is -0.163. The van der Waals surface area contributed by atoms with Gasteiger partial charge in [0.05, 0.1) is 12.0 Å². The molecule has 0 spiro atoms. The molecule has 2 unspecified atom stereocenters. The zero-order valence-corrected chi connectivity index (χ0v) is 18.0. The van der Waals surface area contributed by atoms with E-state index in [1.807, 2.05) is 36.4 Å². The highest BCUT2D eigenvalue weighted by atomic mass is 32.1. The van der Waals surface area contributed by atoms with E-state index in [0.717, 1.165) is 36.3 Å². The lowest BCUT2D eigenvalue weighted by Gasteiger charge is -2.37. The van der Waals surface area contributed by atoms with Crippen molar-refractivity contribution < 1.29 is 14.6 Å². The average Bonchev–Trinajstić information content (AvgIpc) is 3.20. The minimum absolute atomic E-state index is 0.00202. The van der Waals surface area contributed by atoms with Gasteiger partial charge < -0.3 is 9.84 Å². The zero-order valence-electron chi connectivity index (χ0n) is 17.2. The van der Waals surface area contributed by atoms with Gasteiger partial charge in [0.15, 0.2) is 0 Å². The minimum Gasteiger partial charge on any atom is -0.489 e. The molecule has 1 aromatic heterocycles. The highest BCUT2D eigenvalue weighted by Gasteiger charge is 2.33. The zero-order chi connectivity index (χ0) is 20.9. The standard InChI is InChI=1S/C25H27NO3S/c1-18-13-14-23(30-18)24(26-15-7-10-20(16-26)25(27)28)21-11-5-6-12-22(21)29-17-19-8-3-2-4-9-19/h2-6,8-9,11-14,20,24H,7,10,15-17H2,1H3,(H,27,28). The van der Waals surface area contributed by atoms with Crippen LogP contribution in [0.3, 0.4) is 0 Å². The SMILES string of the molecule is Cc1ccc(C(c2ccccc2OCc2ccccc2)N2CCCC(C(=O)O)C2)s1. The van der Waals surface area contributed by atoms with E-state index in [-0.39, 0.29) is 12.0 Å². The summed E-state index contributed by atoms with van der Waals surface area (Å²) in [6.45, 7) is 4.06. The molecule has 3 aromatic rings. The van der Waals surface area contributed by atoms with Crippen LogP contribution in [0.5, 0.6) is 5.75 Å². The largest absolute Gasteiger partial charge is 0.489 e. The van der Waals surface area contributed by atoms with Gasteiger partial charge in [-0.15, -0.1) is 11.3 Å². The Morgan fingerprint density at radius 2 is 1.90 bits per heavy atom. The van der Waals surface area contributed by atoms with Gasteiger partial charge in [-0.1, -0.05) is 48.5 Å². The first kappa shape index (κ1) is 20.6. The summed E-state index contributed by atoms with van der Waals surface area (Å²) in [5, 5.41) is 9.60. The van der Waals surface area contributed by atoms with Crippen LogP contribution < -0.4 is 4.74 Å². The maximum atomic E-state index is 11.7. The Kier molecular flexibility index (Phi) is 6.50. The quantitative estimate of drug-likeness (QED) is 0.546. The number of likely N-dealkylation sites (tertiary alicyclic amines) is 1. The second kappa shape index (κ2) is 9.45. The van der Waals surface area contributed by atoms with Gasteiger partial charge >= 0.3 is 5.97 Å². The summed E-state index contributed by atoms with van der Waals surface area (Å²) in [5.41, 5.74) is 2.22. The first-order valence-electron chi connectivity index (χ1n) is 10.4. The van der Waals surface area contributed by atoms with Crippen molar-refractivity contribution in [3.05, 3.63) is 87.6 Å². The number of aryl methyl sites for hydroxylation is 1. The lowest BCUT2D eigenvalue weighted by atomic mass is 9.94. The Morgan fingerprint density at radius 1 is 1.13 bits per heavy atom. The average molecular weight is 422 g/mol. The molecular weight excluding hydrogens is 394 g/mol. The van der Waals surface area contributed by atoms with Gasteiger partial charge in [-0.2, -0.15) is 0 Å². The number of piperidine rings is 1. The summed E-state index contributed by atoms with van der Waals surface area (Å²) >= 11 is 1.77. The molecule has 5 heteroatoms. The van der Waals surface area contributed by atoms with Crippen LogP contribution in [0.15, 0.2) is 66.7 Å². The van der Waals surface area contributed by atoms with Crippen LogP contribution in [-0.2, 0) is 11.4 Å². The van der Waals surface area contributed by atoms with Crippen LogP contribution >= 0.6 is 11.3 Å². The van der Waals surface area contributed by atoms with Crippen molar-refractivity contribution in [3.8, 4) is 5.75 Å². The van der Waals surface area contributed by atoms with Crippen molar-refractivity contribution >= 4 is 17.3 Å². The number of carboxylic acids is 1. The predicted octanol–water partition coefficient (Wildman–Crippen LogP) is 5.52. The highest BCUT2D eigenvalue weighted by Crippen LogP contribution is 2.40. The fourth-order valence-electron chi connectivity index (χ4n) is 4.15. The van der Waals surface area contributed by atoms with E-state index in [9.17, 15) is 9.90 Å². The second-order valence-electron chi connectivity index (χ2n) is 7.84. The Bertz CT molecular complexity index is 985. The van der Waals surface area contributed by atoms with Crippen molar-refractivity contribution in [2.45, 2.75) is 32.4 Å². The van der Waals surface area contributed by atoms with Crippen molar-refractivity contribution in [1.82, 2.24) is 4.90 Å². The van der Waals surface area contributed by atoms with E-state index in [1.54, 1.807) is 11.3 Å². The third kappa shape index (κ3) is 4.74. The number of hydrogen-bond acceptors (Lipinski definition) is 4. The summed E-state index contributed by atoms with van der Waals surface area (Å²) in [4.78, 5) is 16.5. The molecule has 4 rings (SSSR count). The first-order chi connectivity index (χ1) is 14.6. The fraction of sp³-hybridized carbons (Fsp3) is 0.320. The number of hydrogen-bond donors (Lipinski definition) is 1. The number of aliphatic carboxylic acids is 1. The van der Waals surface area contributed by atoms with Crippen LogP contribution in [0.4, 0.5) is 0 Å². The summed E-state index contributed by atoms with van der Waals surface area (Å²) in [6.07, 6.45) is 1.64. The molecule has 4 nitrogen and oxygen atoms in total. The molecule has 1 N–H and O–H groups in total. The smallest absolute Gasteiger partial charge is 0.307 e. The molecular formula is C25H27NO3S. The number of thiophene rings is 1. The Labute approximate surface area is 181 Å². The first-order valence-corrected chi connectivity index (χ1v) is 11.2. The molecule has 0 amide bonds. The maximum absolute atomic E-state index is 11.7. The van der Waals surface area contributed by atoms with E-state index in [4.69, 9.17) is 4.74 Å². The molecule has 0 saturated carbocycles. The Morgan fingerprint density at radius 3 is 2.63 bits per heavy atom. The van der Waals surface area contributed by atoms with Crippen LogP contribution in [0, 0.1) is 12.8 Å². The van der Waals surface area contributed by atoms with Crippen molar-refractivity contribution in [1.29, 1.82) is 0 Å². The van der Waals surface area contributed by atoms with Crippen LogP contribution in [0.2, 0.25) is 0 Å². The minimum atomic E-state index is -0.700. The molecule has 30 heavy (non-hydrogen) atoms. The normalized spacial score (nSPS) is 18.1. The third-order valence-electron chi connectivity index (χ3n) is 5.65. The number of carboxylic acid groups (broad SMARTS) is 1. The van der Waals surface area contributed by atoms with Gasteiger partial charge in [-0.3, -0.25) is 9.69 Å². The number of nitrogens with zero attached hydrogens (tertiary/aromatic N) is 1. The summed E-state index contributed by atoms with van der Waals surface area (Å²) < 4.78 is 6.26.